The third kappa shape index (κ3) is 8.50. The van der Waals surface area contributed by atoms with Gasteiger partial charge in [0.15, 0.2) is 0 Å². The second kappa shape index (κ2) is 5.30. The molecule has 0 aromatic carbocycles. The molecule has 56 valence electrons. The Labute approximate surface area is 67.0 Å². The van der Waals surface area contributed by atoms with Gasteiger partial charge in [0.05, 0.1) is 0 Å². The maximum atomic E-state index is 2.36. The first kappa shape index (κ1) is 9.50. The van der Waals surface area contributed by atoms with E-state index in [0.717, 1.165) is 21.3 Å². The Morgan fingerprint density at radius 2 is 2.00 bits per heavy atom. The van der Waals surface area contributed by atoms with E-state index in [1.165, 1.54) is 19.4 Å². The van der Waals surface area contributed by atoms with Crippen LogP contribution in [0, 0.1) is 0 Å². The molecule has 0 fully saturated rings. The van der Waals surface area contributed by atoms with Crippen molar-refractivity contribution in [1.82, 2.24) is 4.90 Å². The fourth-order valence-electron chi connectivity index (χ4n) is 0.816. The first-order valence-corrected chi connectivity index (χ1v) is 6.20. The molecular formula is C7H19GeN. The zero-order chi connectivity index (χ0) is 7.28. The van der Waals surface area contributed by atoms with Crippen molar-refractivity contribution in [2.45, 2.75) is 24.5 Å². The van der Waals surface area contributed by atoms with Crippen LogP contribution in [0.5, 0.6) is 0 Å². The van der Waals surface area contributed by atoms with Gasteiger partial charge in [-0.3, -0.25) is 0 Å². The van der Waals surface area contributed by atoms with Gasteiger partial charge in [-0.15, -0.1) is 0 Å². The number of nitrogens with zero attached hydrogens (tertiary/aromatic N) is 1. The van der Waals surface area contributed by atoms with Gasteiger partial charge in [-0.1, -0.05) is 0 Å². The molecule has 0 radical (unpaired) electrons. The summed E-state index contributed by atoms with van der Waals surface area (Å²) < 4.78 is 1.05. The second-order valence-electron chi connectivity index (χ2n) is 3.34. The van der Waals surface area contributed by atoms with E-state index in [0.29, 0.717) is 0 Å². The summed E-state index contributed by atoms with van der Waals surface area (Å²) >= 11 is 1.04. The standard InChI is InChI=1S/C7H19GeN/c1-7(8)5-4-6-9(2)3/h7H,4-6H2,1-3,8H3. The van der Waals surface area contributed by atoms with E-state index in [2.05, 4.69) is 25.9 Å². The number of rotatable bonds is 4. The van der Waals surface area contributed by atoms with Gasteiger partial charge in [-0.25, -0.2) is 0 Å². The van der Waals surface area contributed by atoms with E-state index in [-0.39, 0.29) is 0 Å². The van der Waals surface area contributed by atoms with Crippen molar-refractivity contribution in [3.8, 4) is 0 Å². The van der Waals surface area contributed by atoms with Gasteiger partial charge in [0.2, 0.25) is 0 Å². The van der Waals surface area contributed by atoms with Gasteiger partial charge in [0.25, 0.3) is 0 Å². The molecule has 0 aliphatic heterocycles. The SMILES string of the molecule is C[CH]([GeH3])CCCN(C)C. The van der Waals surface area contributed by atoms with E-state index < -0.39 is 0 Å². The summed E-state index contributed by atoms with van der Waals surface area (Å²) in [5.74, 6) is 0. The zero-order valence-electron chi connectivity index (χ0n) is 7.15. The Hall–Kier alpha value is 0.503. The molecule has 0 spiro atoms. The van der Waals surface area contributed by atoms with E-state index in [1.54, 1.807) is 0 Å². The van der Waals surface area contributed by atoms with Crippen molar-refractivity contribution < 1.29 is 0 Å². The molecule has 0 rings (SSSR count). The molecule has 0 aliphatic rings. The van der Waals surface area contributed by atoms with E-state index in [4.69, 9.17) is 0 Å². The summed E-state index contributed by atoms with van der Waals surface area (Å²) in [6.07, 6.45) is 2.83. The molecule has 0 aromatic rings. The summed E-state index contributed by atoms with van der Waals surface area (Å²) in [5.41, 5.74) is 0. The monoisotopic (exact) mass is 191 g/mol. The van der Waals surface area contributed by atoms with Crippen molar-refractivity contribution in [3.63, 3.8) is 0 Å². The van der Waals surface area contributed by atoms with Crippen molar-refractivity contribution >= 4 is 16.5 Å². The van der Waals surface area contributed by atoms with Gasteiger partial charge in [-0.2, -0.15) is 0 Å². The third-order valence-corrected chi connectivity index (χ3v) is 2.60. The van der Waals surface area contributed by atoms with Gasteiger partial charge in [0, 0.05) is 0 Å². The molecule has 1 nitrogen and oxygen atoms in total. The van der Waals surface area contributed by atoms with Crippen LogP contribution in [0.4, 0.5) is 0 Å². The summed E-state index contributed by atoms with van der Waals surface area (Å²) in [6, 6.07) is 0. The van der Waals surface area contributed by atoms with E-state index >= 15 is 0 Å². The molecule has 0 aromatic heterocycles. The van der Waals surface area contributed by atoms with Gasteiger partial charge < -0.3 is 0 Å². The summed E-state index contributed by atoms with van der Waals surface area (Å²) in [4.78, 5) is 2.26. The first-order valence-electron chi connectivity index (χ1n) is 3.77. The molecule has 1 unspecified atom stereocenters. The van der Waals surface area contributed by atoms with Crippen LogP contribution < -0.4 is 0 Å². The topological polar surface area (TPSA) is 3.24 Å². The fraction of sp³-hybridized carbons (Fsp3) is 1.00. The second-order valence-corrected chi connectivity index (χ2v) is 7.48. The minimum absolute atomic E-state index is 1.04. The van der Waals surface area contributed by atoms with Crippen LogP contribution in [0.25, 0.3) is 0 Å². The van der Waals surface area contributed by atoms with Crippen LogP contribution in [0.2, 0.25) is 4.75 Å². The van der Waals surface area contributed by atoms with Crippen LogP contribution in [0.15, 0.2) is 0 Å². The van der Waals surface area contributed by atoms with Crippen molar-refractivity contribution in [3.05, 3.63) is 0 Å². The quantitative estimate of drug-likeness (QED) is 0.583. The minimum atomic E-state index is 1.04. The van der Waals surface area contributed by atoms with Crippen LogP contribution in [0.1, 0.15) is 19.8 Å². The molecule has 2 heteroatoms. The number of hydrogen-bond donors (Lipinski definition) is 0. The predicted molar refractivity (Wildman–Crippen MR) is 47.2 cm³/mol. The molecule has 0 heterocycles. The van der Waals surface area contributed by atoms with E-state index in [9.17, 15) is 0 Å². The summed E-state index contributed by atoms with van der Waals surface area (Å²) in [5, 5.41) is 0. The van der Waals surface area contributed by atoms with Crippen LogP contribution in [0.3, 0.4) is 0 Å². The average molecular weight is 190 g/mol. The molecule has 0 N–H and O–H groups in total. The van der Waals surface area contributed by atoms with Crippen molar-refractivity contribution in [1.29, 1.82) is 0 Å². The molecule has 0 amide bonds. The molecule has 0 aliphatic carbocycles. The first-order chi connectivity index (χ1) is 4.13. The fourth-order valence-corrected chi connectivity index (χ4v) is 1.67. The summed E-state index contributed by atoms with van der Waals surface area (Å²) in [7, 11) is 4.28. The number of hydrogen-bond acceptors (Lipinski definition) is 1. The van der Waals surface area contributed by atoms with E-state index in [1.807, 2.05) is 0 Å². The average Bonchev–Trinajstić information content (AvgIpc) is 1.63. The Kier molecular flexibility index (Phi) is 5.60. The Morgan fingerprint density at radius 1 is 1.44 bits per heavy atom. The molecular weight excluding hydrogens is 171 g/mol. The third-order valence-electron chi connectivity index (χ3n) is 1.39. The normalized spacial score (nSPS) is 14.7. The predicted octanol–water partition coefficient (Wildman–Crippen LogP) is 0.502. The Balaban J connectivity index is 2.91. The Morgan fingerprint density at radius 3 is 2.33 bits per heavy atom. The summed E-state index contributed by atoms with van der Waals surface area (Å²) in [6.45, 7) is 3.62. The van der Waals surface area contributed by atoms with Crippen LogP contribution in [-0.2, 0) is 0 Å². The maximum absolute atomic E-state index is 2.36. The molecule has 1 atom stereocenters. The van der Waals surface area contributed by atoms with Crippen molar-refractivity contribution in [2.75, 3.05) is 20.6 Å². The molecule has 9 heavy (non-hydrogen) atoms. The zero-order valence-corrected chi connectivity index (χ0v) is 11.3. The van der Waals surface area contributed by atoms with Crippen molar-refractivity contribution in [2.24, 2.45) is 0 Å². The molecule has 0 saturated heterocycles. The van der Waals surface area contributed by atoms with Gasteiger partial charge >= 0.3 is 66.6 Å². The molecule has 0 bridgehead atoms. The van der Waals surface area contributed by atoms with Crippen LogP contribution in [-0.4, -0.2) is 42.1 Å². The van der Waals surface area contributed by atoms with Gasteiger partial charge in [-0.05, 0) is 0 Å². The van der Waals surface area contributed by atoms with Crippen LogP contribution >= 0.6 is 0 Å². The van der Waals surface area contributed by atoms with Gasteiger partial charge in [0.1, 0.15) is 0 Å². The Bertz CT molecular complexity index is 53.9. The molecule has 0 saturated carbocycles.